The molecule has 2 saturated heterocycles. The van der Waals surface area contributed by atoms with E-state index >= 15 is 0 Å². The topological polar surface area (TPSA) is 63.9 Å². The maximum absolute atomic E-state index is 12.1. The smallest absolute Gasteiger partial charge is 0.220 e. The van der Waals surface area contributed by atoms with Crippen molar-refractivity contribution in [3.63, 3.8) is 0 Å². The number of carbonyl (C=O) groups excluding carboxylic acids is 1. The van der Waals surface area contributed by atoms with E-state index in [1.807, 2.05) is 12.1 Å². The second-order valence-corrected chi connectivity index (χ2v) is 6.22. The maximum Gasteiger partial charge on any atom is 0.220 e. The van der Waals surface area contributed by atoms with Crippen LogP contribution in [-0.4, -0.2) is 62.9 Å². The van der Waals surface area contributed by atoms with Crippen LogP contribution in [0.2, 0.25) is 0 Å². The Morgan fingerprint density at radius 2 is 2.17 bits per heavy atom. The van der Waals surface area contributed by atoms with Crippen LogP contribution in [0.5, 0.6) is 0 Å². The van der Waals surface area contributed by atoms with Gasteiger partial charge in [-0.1, -0.05) is 0 Å². The van der Waals surface area contributed by atoms with E-state index in [1.165, 1.54) is 0 Å². The molecule has 0 bridgehead atoms. The lowest BCUT2D eigenvalue weighted by atomic mass is 9.96. The van der Waals surface area contributed by atoms with Gasteiger partial charge in [-0.15, -0.1) is 0 Å². The van der Waals surface area contributed by atoms with Crippen LogP contribution in [0.4, 0.5) is 0 Å². The Hall–Kier alpha value is -1.37. The number of hydrogen-bond acceptors (Lipinski definition) is 5. The van der Waals surface area contributed by atoms with Crippen molar-refractivity contribution in [2.75, 3.05) is 46.1 Å². The first-order chi connectivity index (χ1) is 11.3. The average Bonchev–Trinajstić information content (AvgIpc) is 3.28. The third kappa shape index (κ3) is 4.80. The van der Waals surface area contributed by atoms with Gasteiger partial charge in [-0.05, 0) is 18.6 Å². The molecule has 2 aliphatic heterocycles. The van der Waals surface area contributed by atoms with Gasteiger partial charge in [-0.25, -0.2) is 0 Å². The van der Waals surface area contributed by atoms with Crippen LogP contribution in [-0.2, 0) is 20.7 Å². The molecule has 0 aromatic carbocycles. The summed E-state index contributed by atoms with van der Waals surface area (Å²) in [6.07, 6.45) is 3.82. The number of rotatable bonds is 7. The molecule has 0 aliphatic carbocycles. The number of furan rings is 1. The number of carbonyl (C=O) groups is 1. The lowest BCUT2D eigenvalue weighted by molar-refractivity contribution is -0.121. The van der Waals surface area contributed by atoms with Crippen molar-refractivity contribution in [1.29, 1.82) is 0 Å². The van der Waals surface area contributed by atoms with E-state index in [1.54, 1.807) is 6.26 Å². The Morgan fingerprint density at radius 3 is 2.87 bits per heavy atom. The summed E-state index contributed by atoms with van der Waals surface area (Å²) in [7, 11) is 0. The molecule has 1 aromatic heterocycles. The number of morpholine rings is 1. The molecule has 6 nitrogen and oxygen atoms in total. The summed E-state index contributed by atoms with van der Waals surface area (Å²) in [5, 5.41) is 3.10. The Kier molecular flexibility index (Phi) is 6.07. The summed E-state index contributed by atoms with van der Waals surface area (Å²) in [5.74, 6) is 1.44. The van der Waals surface area contributed by atoms with E-state index in [0.717, 1.165) is 51.7 Å². The van der Waals surface area contributed by atoms with Crippen molar-refractivity contribution >= 4 is 5.91 Å². The van der Waals surface area contributed by atoms with Crippen LogP contribution in [0.25, 0.3) is 0 Å². The van der Waals surface area contributed by atoms with Gasteiger partial charge in [0.05, 0.1) is 26.1 Å². The second kappa shape index (κ2) is 8.47. The molecule has 23 heavy (non-hydrogen) atoms. The number of amides is 1. The predicted octanol–water partition coefficient (Wildman–Crippen LogP) is 1.07. The van der Waals surface area contributed by atoms with E-state index in [9.17, 15) is 4.79 Å². The number of ether oxygens (including phenoxy) is 2. The van der Waals surface area contributed by atoms with Crippen molar-refractivity contribution in [1.82, 2.24) is 10.2 Å². The Morgan fingerprint density at radius 1 is 1.30 bits per heavy atom. The van der Waals surface area contributed by atoms with Crippen LogP contribution < -0.4 is 5.32 Å². The SMILES string of the molecule is O=C(CCc1ccco1)NC[C@H]([C@H]1CCOC1)N1CCOCC1. The Bertz CT molecular complexity index is 465. The molecule has 3 heterocycles. The summed E-state index contributed by atoms with van der Waals surface area (Å²) in [4.78, 5) is 14.6. The molecule has 1 amide bonds. The maximum atomic E-state index is 12.1. The van der Waals surface area contributed by atoms with Gasteiger partial charge in [-0.3, -0.25) is 9.69 Å². The highest BCUT2D eigenvalue weighted by molar-refractivity contribution is 5.76. The molecule has 0 spiro atoms. The molecule has 1 aromatic rings. The van der Waals surface area contributed by atoms with Crippen LogP contribution >= 0.6 is 0 Å². The van der Waals surface area contributed by atoms with Gasteiger partial charge in [0.25, 0.3) is 0 Å². The Balaban J connectivity index is 1.47. The highest BCUT2D eigenvalue weighted by Gasteiger charge is 2.31. The van der Waals surface area contributed by atoms with Crippen LogP contribution in [0, 0.1) is 5.92 Å². The van der Waals surface area contributed by atoms with Gasteiger partial charge in [0.1, 0.15) is 5.76 Å². The molecule has 0 unspecified atom stereocenters. The number of nitrogens with one attached hydrogen (secondary N) is 1. The fourth-order valence-corrected chi connectivity index (χ4v) is 3.36. The minimum Gasteiger partial charge on any atom is -0.469 e. The number of aryl methyl sites for hydroxylation is 1. The van der Waals surface area contributed by atoms with Crippen molar-refractivity contribution < 1.29 is 18.7 Å². The molecule has 3 rings (SSSR count). The molecule has 128 valence electrons. The highest BCUT2D eigenvalue weighted by atomic mass is 16.5. The largest absolute Gasteiger partial charge is 0.469 e. The second-order valence-electron chi connectivity index (χ2n) is 6.22. The summed E-state index contributed by atoms with van der Waals surface area (Å²) in [6.45, 7) is 5.73. The predicted molar refractivity (Wildman–Crippen MR) is 85.1 cm³/mol. The molecular formula is C17H26N2O4. The normalized spacial score (nSPS) is 23.7. The van der Waals surface area contributed by atoms with Crippen molar-refractivity contribution in [3.8, 4) is 0 Å². The number of nitrogens with zero attached hydrogens (tertiary/aromatic N) is 1. The molecule has 2 aliphatic rings. The average molecular weight is 322 g/mol. The van der Waals surface area contributed by atoms with Gasteiger partial charge in [0.2, 0.25) is 5.91 Å². The molecule has 2 fully saturated rings. The third-order valence-corrected chi connectivity index (χ3v) is 4.71. The van der Waals surface area contributed by atoms with Gasteiger partial charge in [-0.2, -0.15) is 0 Å². The fourth-order valence-electron chi connectivity index (χ4n) is 3.36. The minimum atomic E-state index is 0.0820. The van der Waals surface area contributed by atoms with Gasteiger partial charge in [0.15, 0.2) is 0 Å². The quantitative estimate of drug-likeness (QED) is 0.813. The molecule has 6 heteroatoms. The fraction of sp³-hybridized carbons (Fsp3) is 0.706. The van der Waals surface area contributed by atoms with Gasteiger partial charge >= 0.3 is 0 Å². The highest BCUT2D eigenvalue weighted by Crippen LogP contribution is 2.21. The minimum absolute atomic E-state index is 0.0820. The van der Waals surface area contributed by atoms with E-state index in [4.69, 9.17) is 13.9 Å². The zero-order chi connectivity index (χ0) is 15.9. The van der Waals surface area contributed by atoms with E-state index in [-0.39, 0.29) is 5.91 Å². The zero-order valence-electron chi connectivity index (χ0n) is 13.5. The first-order valence-corrected chi connectivity index (χ1v) is 8.51. The van der Waals surface area contributed by atoms with Crippen molar-refractivity contribution in [2.24, 2.45) is 5.92 Å². The number of hydrogen-bond donors (Lipinski definition) is 1. The van der Waals surface area contributed by atoms with Gasteiger partial charge < -0.3 is 19.2 Å². The molecule has 0 saturated carbocycles. The Labute approximate surface area is 137 Å². The molecule has 1 N–H and O–H groups in total. The zero-order valence-corrected chi connectivity index (χ0v) is 13.5. The van der Waals surface area contributed by atoms with Crippen LogP contribution in [0.3, 0.4) is 0 Å². The molecule has 0 radical (unpaired) electrons. The first kappa shape index (κ1) is 16.5. The van der Waals surface area contributed by atoms with Crippen LogP contribution in [0.15, 0.2) is 22.8 Å². The lowest BCUT2D eigenvalue weighted by Crippen LogP contribution is -2.52. The monoisotopic (exact) mass is 322 g/mol. The van der Waals surface area contributed by atoms with Crippen molar-refractivity contribution in [2.45, 2.75) is 25.3 Å². The van der Waals surface area contributed by atoms with Gasteiger partial charge in [0, 0.05) is 51.0 Å². The summed E-state index contributed by atoms with van der Waals surface area (Å²) in [5.41, 5.74) is 0. The standard InChI is InChI=1S/C17H26N2O4/c20-17(4-3-15-2-1-8-23-15)18-12-16(14-5-9-22-13-14)19-6-10-21-11-7-19/h1-2,8,14,16H,3-7,9-13H2,(H,18,20)/t14-,16+/m0/s1. The lowest BCUT2D eigenvalue weighted by Gasteiger charge is -2.37. The molecule has 2 atom stereocenters. The summed E-state index contributed by atoms with van der Waals surface area (Å²) >= 11 is 0. The third-order valence-electron chi connectivity index (χ3n) is 4.71. The molecular weight excluding hydrogens is 296 g/mol. The van der Waals surface area contributed by atoms with E-state index in [2.05, 4.69) is 10.2 Å². The summed E-state index contributed by atoms with van der Waals surface area (Å²) < 4.78 is 16.3. The summed E-state index contributed by atoms with van der Waals surface area (Å²) in [6, 6.07) is 4.09. The first-order valence-electron chi connectivity index (χ1n) is 8.51. The van der Waals surface area contributed by atoms with E-state index in [0.29, 0.717) is 31.3 Å². The van der Waals surface area contributed by atoms with Crippen LogP contribution in [0.1, 0.15) is 18.6 Å². The van der Waals surface area contributed by atoms with Crippen molar-refractivity contribution in [3.05, 3.63) is 24.2 Å². The van der Waals surface area contributed by atoms with E-state index < -0.39 is 0 Å².